The Bertz CT molecular complexity index is 125. The van der Waals surface area contributed by atoms with Crippen molar-refractivity contribution in [2.75, 3.05) is 6.61 Å². The van der Waals surface area contributed by atoms with Gasteiger partial charge in [-0.3, -0.25) is 0 Å². The van der Waals surface area contributed by atoms with Crippen LogP contribution in [0.2, 0.25) is 0 Å². The van der Waals surface area contributed by atoms with Crippen LogP contribution < -0.4 is 11.8 Å². The van der Waals surface area contributed by atoms with Gasteiger partial charge in [0.1, 0.15) is 0 Å². The molecule has 6 nitrogen and oxygen atoms in total. The minimum atomic E-state index is 0.0389. The third kappa shape index (κ3) is 3.70. The van der Waals surface area contributed by atoms with E-state index in [-0.39, 0.29) is 12.4 Å². The van der Waals surface area contributed by atoms with Crippen molar-refractivity contribution in [3.8, 4) is 0 Å². The fourth-order valence-corrected chi connectivity index (χ4v) is 0.281. The highest BCUT2D eigenvalue weighted by Gasteiger charge is 1.95. The number of rotatable bonds is 5. The predicted molar refractivity (Wildman–Crippen MR) is 34.1 cm³/mol. The Morgan fingerprint density at radius 3 is 2.70 bits per heavy atom. The lowest BCUT2D eigenvalue weighted by atomic mass is 10.6. The third-order valence-electron chi connectivity index (χ3n) is 0.649. The summed E-state index contributed by atoms with van der Waals surface area (Å²) in [5.74, 6) is 9.63. The van der Waals surface area contributed by atoms with Crippen LogP contribution in [0.5, 0.6) is 0 Å². The predicted octanol–water partition coefficient (Wildman–Crippen LogP) is -0.759. The van der Waals surface area contributed by atoms with Crippen molar-refractivity contribution < 1.29 is 14.5 Å². The molecule has 0 heterocycles. The van der Waals surface area contributed by atoms with E-state index in [1.165, 1.54) is 0 Å². The van der Waals surface area contributed by atoms with Gasteiger partial charge < -0.3 is 14.5 Å². The second-order valence-corrected chi connectivity index (χ2v) is 1.24. The van der Waals surface area contributed by atoms with Crippen molar-refractivity contribution in [1.29, 1.82) is 0 Å². The summed E-state index contributed by atoms with van der Waals surface area (Å²) >= 11 is 0. The summed E-state index contributed by atoms with van der Waals surface area (Å²) < 4.78 is 0. The second kappa shape index (κ2) is 5.86. The summed E-state index contributed by atoms with van der Waals surface area (Å²) in [6.45, 7) is 3.10. The van der Waals surface area contributed by atoms with Gasteiger partial charge in [-0.2, -0.15) is 11.8 Å². The van der Waals surface area contributed by atoms with Crippen molar-refractivity contribution in [3.63, 3.8) is 0 Å². The maximum absolute atomic E-state index is 4.75. The molecule has 0 aromatic rings. The fourth-order valence-electron chi connectivity index (χ4n) is 0.281. The number of nitrogens with two attached hydrogens (primary N) is 2. The van der Waals surface area contributed by atoms with Gasteiger partial charge in [0.05, 0.1) is 0 Å². The minimum Gasteiger partial charge on any atom is -0.416 e. The largest absolute Gasteiger partial charge is 0.416 e. The Labute approximate surface area is 57.9 Å². The topological polar surface area (TPSA) is 92.1 Å². The lowest BCUT2D eigenvalue weighted by Crippen LogP contribution is -2.06. The van der Waals surface area contributed by atoms with E-state index in [1.807, 2.05) is 0 Å². The van der Waals surface area contributed by atoms with E-state index in [0.717, 1.165) is 6.26 Å². The quantitative estimate of drug-likeness (QED) is 0.303. The van der Waals surface area contributed by atoms with Crippen LogP contribution in [0.3, 0.4) is 0 Å². The van der Waals surface area contributed by atoms with E-state index in [9.17, 15) is 0 Å². The van der Waals surface area contributed by atoms with E-state index in [0.29, 0.717) is 0 Å². The van der Waals surface area contributed by atoms with E-state index in [4.69, 9.17) is 5.90 Å². The standard InChI is InChI=1S/C4H9N3O3/c1-7-9-3-4(10-6)2-8-5/h2H,1,3,5-6H2/b4-2-. The van der Waals surface area contributed by atoms with Gasteiger partial charge in [-0.05, 0) is 0 Å². The molecule has 0 aromatic carbocycles. The average molecular weight is 147 g/mol. The van der Waals surface area contributed by atoms with E-state index < -0.39 is 0 Å². The summed E-state index contributed by atoms with van der Waals surface area (Å²) in [4.78, 5) is 12.8. The molecule has 0 rings (SSSR count). The van der Waals surface area contributed by atoms with Gasteiger partial charge in [0.15, 0.2) is 12.9 Å². The van der Waals surface area contributed by atoms with Gasteiger partial charge >= 0.3 is 0 Å². The molecule has 0 bridgehead atoms. The maximum atomic E-state index is 4.75. The first-order valence-corrected chi connectivity index (χ1v) is 2.34. The van der Waals surface area contributed by atoms with Crippen LogP contribution in [0.15, 0.2) is 17.2 Å². The zero-order valence-electron chi connectivity index (χ0n) is 5.32. The van der Waals surface area contributed by atoms with Crippen LogP contribution in [0.25, 0.3) is 0 Å². The number of hydrogen-bond acceptors (Lipinski definition) is 6. The van der Waals surface area contributed by atoms with E-state index >= 15 is 0 Å². The number of nitrogens with zero attached hydrogens (tertiary/aromatic N) is 1. The summed E-state index contributed by atoms with van der Waals surface area (Å²) in [5.41, 5.74) is 0. The summed E-state index contributed by atoms with van der Waals surface area (Å²) in [6, 6.07) is 0. The molecule has 0 amide bonds. The average Bonchev–Trinajstić information content (AvgIpc) is 1.98. The molecular formula is C4H9N3O3. The smallest absolute Gasteiger partial charge is 0.200 e. The molecule has 6 heteroatoms. The summed E-state index contributed by atoms with van der Waals surface area (Å²) in [6.07, 6.45) is 1.09. The van der Waals surface area contributed by atoms with Crippen LogP contribution >= 0.6 is 0 Å². The van der Waals surface area contributed by atoms with Gasteiger partial charge in [-0.25, -0.2) is 0 Å². The molecule has 0 unspecified atom stereocenters. The van der Waals surface area contributed by atoms with Crippen molar-refractivity contribution in [2.24, 2.45) is 16.9 Å². The minimum absolute atomic E-state index is 0.0389. The van der Waals surface area contributed by atoms with Crippen molar-refractivity contribution >= 4 is 6.72 Å². The third-order valence-corrected chi connectivity index (χ3v) is 0.649. The van der Waals surface area contributed by atoms with Gasteiger partial charge in [0.25, 0.3) is 0 Å². The van der Waals surface area contributed by atoms with Crippen molar-refractivity contribution in [2.45, 2.75) is 0 Å². The monoisotopic (exact) mass is 147 g/mol. The van der Waals surface area contributed by atoms with Gasteiger partial charge in [0, 0.05) is 6.72 Å². The molecule has 0 aliphatic rings. The molecule has 0 aliphatic carbocycles. The molecule has 0 spiro atoms. The Morgan fingerprint density at radius 1 is 1.60 bits per heavy atom. The Hall–Kier alpha value is -1.27. The molecule has 0 saturated heterocycles. The van der Waals surface area contributed by atoms with E-state index in [2.05, 4.69) is 32.3 Å². The number of hydrogen-bond donors (Lipinski definition) is 2. The molecule has 0 atom stereocenters. The van der Waals surface area contributed by atoms with Crippen LogP contribution in [-0.2, 0) is 14.5 Å². The van der Waals surface area contributed by atoms with Gasteiger partial charge in [-0.1, -0.05) is 0 Å². The summed E-state index contributed by atoms with van der Waals surface area (Å²) in [5, 5.41) is 3.08. The molecule has 0 aliphatic heterocycles. The summed E-state index contributed by atoms with van der Waals surface area (Å²) in [7, 11) is 0. The first-order chi connectivity index (χ1) is 4.85. The van der Waals surface area contributed by atoms with Crippen LogP contribution in [0, 0.1) is 0 Å². The van der Waals surface area contributed by atoms with Crippen LogP contribution in [0.4, 0.5) is 0 Å². The molecule has 10 heavy (non-hydrogen) atoms. The zero-order chi connectivity index (χ0) is 7.82. The lowest BCUT2D eigenvalue weighted by Gasteiger charge is -2.00. The van der Waals surface area contributed by atoms with Gasteiger partial charge in [0.2, 0.25) is 5.76 Å². The fraction of sp³-hybridized carbons (Fsp3) is 0.250. The molecule has 0 radical (unpaired) electrons. The number of oxime groups is 1. The van der Waals surface area contributed by atoms with Crippen LogP contribution in [0.1, 0.15) is 0 Å². The highest BCUT2D eigenvalue weighted by Crippen LogP contribution is 1.93. The second-order valence-electron chi connectivity index (χ2n) is 1.24. The highest BCUT2D eigenvalue weighted by atomic mass is 16.7. The van der Waals surface area contributed by atoms with Crippen molar-refractivity contribution in [3.05, 3.63) is 12.0 Å². The molecule has 0 aromatic heterocycles. The molecule has 58 valence electrons. The highest BCUT2D eigenvalue weighted by molar-refractivity contribution is 5.21. The Morgan fingerprint density at radius 2 is 2.30 bits per heavy atom. The molecule has 0 fully saturated rings. The maximum Gasteiger partial charge on any atom is 0.200 e. The first kappa shape index (κ1) is 8.73. The Kier molecular flexibility index (Phi) is 5.12. The lowest BCUT2D eigenvalue weighted by molar-refractivity contribution is 0.0933. The molecular weight excluding hydrogens is 138 g/mol. The SMILES string of the molecule is C=NOC/C(=C/ON)ON. The van der Waals surface area contributed by atoms with Crippen molar-refractivity contribution in [1.82, 2.24) is 0 Å². The van der Waals surface area contributed by atoms with Gasteiger partial charge in [-0.15, -0.1) is 5.16 Å². The zero-order valence-corrected chi connectivity index (χ0v) is 5.32. The van der Waals surface area contributed by atoms with E-state index in [1.54, 1.807) is 0 Å². The molecule has 0 saturated carbocycles. The Balaban J connectivity index is 3.59. The van der Waals surface area contributed by atoms with Crippen LogP contribution in [-0.4, -0.2) is 13.3 Å². The normalized spacial score (nSPS) is 10.4. The molecule has 4 N–H and O–H groups in total. The first-order valence-electron chi connectivity index (χ1n) is 2.34.